The molecule has 5 nitrogen and oxygen atoms in total. The number of rotatable bonds is 5. The fourth-order valence-electron chi connectivity index (χ4n) is 3.63. The van der Waals surface area contributed by atoms with E-state index in [1.807, 2.05) is 30.5 Å². The van der Waals surface area contributed by atoms with Crippen molar-refractivity contribution in [1.82, 2.24) is 19.6 Å². The van der Waals surface area contributed by atoms with Crippen LogP contribution in [0, 0.1) is 19.7 Å². The first-order valence-electron chi connectivity index (χ1n) is 9.29. The highest BCUT2D eigenvalue weighted by atomic mass is 35.5. The molecule has 0 atom stereocenters. The van der Waals surface area contributed by atoms with Gasteiger partial charge < -0.3 is 4.90 Å². The zero-order valence-electron chi connectivity index (χ0n) is 16.1. The number of carbonyl (C=O) groups is 1. The predicted octanol–water partition coefficient (Wildman–Crippen LogP) is 3.11. The molecule has 2 aromatic rings. The molecule has 0 spiro atoms. The Bertz CT molecular complexity index is 807. The lowest BCUT2D eigenvalue weighted by Gasteiger charge is -2.35. The lowest BCUT2D eigenvalue weighted by Crippen LogP contribution is -2.48. The number of piperazine rings is 1. The van der Waals surface area contributed by atoms with Gasteiger partial charge in [0.2, 0.25) is 5.91 Å². The highest BCUT2D eigenvalue weighted by Crippen LogP contribution is 2.21. The van der Waals surface area contributed by atoms with E-state index in [-0.39, 0.29) is 11.7 Å². The van der Waals surface area contributed by atoms with Crippen LogP contribution >= 0.6 is 11.6 Å². The number of halogens is 2. The number of carbonyl (C=O) groups excluding carboxylic acids is 1. The Kier molecular flexibility index (Phi) is 6.17. The Hall–Kier alpha value is -1.92. The first-order valence-corrected chi connectivity index (χ1v) is 9.66. The van der Waals surface area contributed by atoms with Crippen LogP contribution in [-0.2, 0) is 24.8 Å². The van der Waals surface area contributed by atoms with E-state index in [0.29, 0.717) is 36.6 Å². The molecule has 0 N–H and O–H groups in total. The summed E-state index contributed by atoms with van der Waals surface area (Å²) in [6.45, 7) is 7.27. The summed E-state index contributed by atoms with van der Waals surface area (Å²) >= 11 is 6.12. The van der Waals surface area contributed by atoms with Crippen molar-refractivity contribution in [2.45, 2.75) is 33.2 Å². The van der Waals surface area contributed by atoms with Crippen molar-refractivity contribution in [2.24, 2.45) is 7.05 Å². The Balaban J connectivity index is 1.51. The van der Waals surface area contributed by atoms with Crippen LogP contribution in [0.4, 0.5) is 4.39 Å². The molecule has 7 heteroatoms. The fraction of sp³-hybridized carbons (Fsp3) is 0.500. The van der Waals surface area contributed by atoms with Crippen LogP contribution in [0.3, 0.4) is 0 Å². The molecule has 0 bridgehead atoms. The average Bonchev–Trinajstić information content (AvgIpc) is 2.89. The Morgan fingerprint density at radius 3 is 2.48 bits per heavy atom. The second-order valence-electron chi connectivity index (χ2n) is 7.13. The lowest BCUT2D eigenvalue weighted by atomic mass is 10.1. The first-order chi connectivity index (χ1) is 12.9. The molecule has 1 amide bonds. The van der Waals surface area contributed by atoms with Crippen LogP contribution in [0.15, 0.2) is 18.2 Å². The average molecular weight is 393 g/mol. The second-order valence-corrected chi connectivity index (χ2v) is 7.54. The molecule has 1 aromatic carbocycles. The summed E-state index contributed by atoms with van der Waals surface area (Å²) < 4.78 is 15.8. The molecule has 3 rings (SSSR count). The van der Waals surface area contributed by atoms with Crippen LogP contribution in [0.5, 0.6) is 0 Å². The van der Waals surface area contributed by atoms with Crippen LogP contribution in [0.25, 0.3) is 0 Å². The molecular formula is C20H26ClFN4O. The highest BCUT2D eigenvalue weighted by Gasteiger charge is 2.23. The maximum atomic E-state index is 14.0. The van der Waals surface area contributed by atoms with E-state index >= 15 is 0 Å². The maximum Gasteiger partial charge on any atom is 0.222 e. The van der Waals surface area contributed by atoms with Gasteiger partial charge in [-0.15, -0.1) is 0 Å². The van der Waals surface area contributed by atoms with E-state index < -0.39 is 0 Å². The zero-order chi connectivity index (χ0) is 19.6. The second kappa shape index (κ2) is 8.40. The molecule has 0 aliphatic carbocycles. The Labute approximate surface area is 164 Å². The van der Waals surface area contributed by atoms with Gasteiger partial charge in [-0.3, -0.25) is 14.4 Å². The quantitative estimate of drug-likeness (QED) is 0.785. The van der Waals surface area contributed by atoms with Gasteiger partial charge in [-0.1, -0.05) is 17.7 Å². The van der Waals surface area contributed by atoms with E-state index in [2.05, 4.69) is 10.00 Å². The van der Waals surface area contributed by atoms with Gasteiger partial charge in [0.05, 0.1) is 5.69 Å². The molecule has 0 unspecified atom stereocenters. The van der Waals surface area contributed by atoms with E-state index in [1.54, 1.807) is 12.1 Å². The molecule has 1 saturated heterocycles. The largest absolute Gasteiger partial charge is 0.340 e. The summed E-state index contributed by atoms with van der Waals surface area (Å²) in [5.41, 5.74) is 3.81. The smallest absolute Gasteiger partial charge is 0.222 e. The van der Waals surface area contributed by atoms with E-state index in [0.717, 1.165) is 30.9 Å². The zero-order valence-corrected chi connectivity index (χ0v) is 16.9. The maximum absolute atomic E-state index is 14.0. The summed E-state index contributed by atoms with van der Waals surface area (Å²) in [4.78, 5) is 16.6. The summed E-state index contributed by atoms with van der Waals surface area (Å²) in [5, 5.41) is 4.86. The van der Waals surface area contributed by atoms with Crippen molar-refractivity contribution in [3.63, 3.8) is 0 Å². The van der Waals surface area contributed by atoms with Gasteiger partial charge in [-0.25, -0.2) is 4.39 Å². The monoisotopic (exact) mass is 392 g/mol. The lowest BCUT2D eigenvalue weighted by molar-refractivity contribution is -0.133. The predicted molar refractivity (Wildman–Crippen MR) is 104 cm³/mol. The van der Waals surface area contributed by atoms with E-state index in [9.17, 15) is 9.18 Å². The normalized spacial score (nSPS) is 15.4. The fourth-order valence-corrected chi connectivity index (χ4v) is 3.85. The van der Waals surface area contributed by atoms with Gasteiger partial charge in [0.15, 0.2) is 0 Å². The number of aromatic nitrogens is 2. The van der Waals surface area contributed by atoms with E-state index in [1.165, 1.54) is 11.6 Å². The minimum Gasteiger partial charge on any atom is -0.340 e. The van der Waals surface area contributed by atoms with Gasteiger partial charge in [-0.05, 0) is 38.0 Å². The topological polar surface area (TPSA) is 41.4 Å². The molecule has 146 valence electrons. The van der Waals surface area contributed by atoms with Crippen molar-refractivity contribution in [3.05, 3.63) is 51.6 Å². The standard InChI is InChI=1S/C20H26ClFN4O/c1-14-16(15(2)24(3)23-14)7-8-20(27)26-11-9-25(10-12-26)13-17-18(21)5-4-6-19(17)22/h4-6H,7-13H2,1-3H3. The molecule has 1 aliphatic rings. The number of hydrogen-bond acceptors (Lipinski definition) is 3. The van der Waals surface area contributed by atoms with Crippen molar-refractivity contribution in [2.75, 3.05) is 26.2 Å². The van der Waals surface area contributed by atoms with Gasteiger partial charge in [0.25, 0.3) is 0 Å². The number of nitrogens with zero attached hydrogens (tertiary/aromatic N) is 4. The van der Waals surface area contributed by atoms with Crippen LogP contribution in [0.2, 0.25) is 5.02 Å². The third kappa shape index (κ3) is 4.50. The Morgan fingerprint density at radius 1 is 1.19 bits per heavy atom. The van der Waals surface area contributed by atoms with Crippen LogP contribution < -0.4 is 0 Å². The molecule has 0 radical (unpaired) electrons. The summed E-state index contributed by atoms with van der Waals surface area (Å²) in [5.74, 6) is -0.107. The third-order valence-electron chi connectivity index (χ3n) is 5.42. The SMILES string of the molecule is Cc1nn(C)c(C)c1CCC(=O)N1CCN(Cc2c(F)cccc2Cl)CC1. The van der Waals surface area contributed by atoms with E-state index in [4.69, 9.17) is 11.6 Å². The molecule has 1 aliphatic heterocycles. The van der Waals surface area contributed by atoms with Crippen LogP contribution in [-0.4, -0.2) is 51.7 Å². The third-order valence-corrected chi connectivity index (χ3v) is 5.77. The molecule has 1 fully saturated rings. The number of aryl methyl sites for hydroxylation is 2. The minimum atomic E-state index is -0.275. The van der Waals surface area contributed by atoms with Crippen molar-refractivity contribution >= 4 is 17.5 Å². The molecular weight excluding hydrogens is 367 g/mol. The number of benzene rings is 1. The van der Waals surface area contributed by atoms with Gasteiger partial charge >= 0.3 is 0 Å². The molecule has 1 aromatic heterocycles. The molecule has 27 heavy (non-hydrogen) atoms. The summed E-state index contributed by atoms with van der Waals surface area (Å²) in [6, 6.07) is 4.76. The number of amides is 1. The summed E-state index contributed by atoms with van der Waals surface area (Å²) in [7, 11) is 1.93. The highest BCUT2D eigenvalue weighted by molar-refractivity contribution is 6.31. The van der Waals surface area contributed by atoms with Crippen molar-refractivity contribution in [3.8, 4) is 0 Å². The van der Waals surface area contributed by atoms with Gasteiger partial charge in [0.1, 0.15) is 5.82 Å². The number of hydrogen-bond donors (Lipinski definition) is 0. The van der Waals surface area contributed by atoms with Crippen LogP contribution in [0.1, 0.15) is 28.9 Å². The van der Waals surface area contributed by atoms with Gasteiger partial charge in [-0.2, -0.15) is 5.10 Å². The van der Waals surface area contributed by atoms with Crippen molar-refractivity contribution < 1.29 is 9.18 Å². The Morgan fingerprint density at radius 2 is 1.89 bits per heavy atom. The molecule has 0 saturated carbocycles. The first kappa shape index (κ1) is 19.8. The van der Waals surface area contributed by atoms with Crippen molar-refractivity contribution in [1.29, 1.82) is 0 Å². The summed E-state index contributed by atoms with van der Waals surface area (Å²) in [6.07, 6.45) is 1.21. The van der Waals surface area contributed by atoms with Gasteiger partial charge in [0, 0.05) is 62.5 Å². The molecule has 2 heterocycles. The minimum absolute atomic E-state index is 0.168.